The zero-order valence-electron chi connectivity index (χ0n) is 28.6. The highest BCUT2D eigenvalue weighted by molar-refractivity contribution is 6.22. The van der Waals surface area contributed by atoms with Crippen molar-refractivity contribution in [2.24, 2.45) is 0 Å². The van der Waals surface area contributed by atoms with Crippen molar-refractivity contribution < 1.29 is 0 Å². The minimum Gasteiger partial charge on any atom is -0.252 e. The van der Waals surface area contributed by atoms with Crippen LogP contribution in [0.25, 0.3) is 87.7 Å². The Bertz CT molecular complexity index is 2730. The molecule has 0 saturated heterocycles. The first kappa shape index (κ1) is 30.0. The molecule has 0 unspecified atom stereocenters. The third-order valence-electron chi connectivity index (χ3n) is 10.1. The van der Waals surface area contributed by atoms with E-state index < -0.39 is 0 Å². The molecule has 1 nitrogen and oxygen atoms in total. The van der Waals surface area contributed by atoms with Crippen molar-refractivity contribution in [3.8, 4) is 44.6 Å². The molecule has 0 radical (unpaired) electrons. The summed E-state index contributed by atoms with van der Waals surface area (Å²) < 4.78 is 0. The Hall–Kier alpha value is -6.05. The second kappa shape index (κ2) is 11.8. The van der Waals surface area contributed by atoms with Crippen molar-refractivity contribution in [2.45, 2.75) is 26.2 Å². The van der Waals surface area contributed by atoms with Gasteiger partial charge in [-0.3, -0.25) is 4.98 Å². The SMILES string of the molecule is CC(C)(C)c1cccc(-c2ccc(-c3ccc4c(-c5ccc6ccccc6c5)c5ccccc5c(-c5ccc6ccccc6c5)c4c3)cc2)n1. The Labute approximate surface area is 293 Å². The van der Waals surface area contributed by atoms with Crippen molar-refractivity contribution >= 4 is 43.1 Å². The number of fused-ring (bicyclic) bond motifs is 4. The lowest BCUT2D eigenvalue weighted by Gasteiger charge is -2.19. The van der Waals surface area contributed by atoms with Crippen molar-refractivity contribution in [1.29, 1.82) is 0 Å². The highest BCUT2D eigenvalue weighted by Crippen LogP contribution is 2.45. The van der Waals surface area contributed by atoms with Crippen LogP contribution in [0.3, 0.4) is 0 Å². The number of aromatic nitrogens is 1. The highest BCUT2D eigenvalue weighted by atomic mass is 14.7. The Kier molecular flexibility index (Phi) is 7.10. The fourth-order valence-electron chi connectivity index (χ4n) is 7.52. The molecule has 0 aliphatic heterocycles. The van der Waals surface area contributed by atoms with Crippen LogP contribution in [0.15, 0.2) is 170 Å². The molecule has 0 aliphatic carbocycles. The van der Waals surface area contributed by atoms with Crippen molar-refractivity contribution in [1.82, 2.24) is 4.98 Å². The summed E-state index contributed by atoms with van der Waals surface area (Å²) >= 11 is 0. The molecule has 0 N–H and O–H groups in total. The van der Waals surface area contributed by atoms with E-state index >= 15 is 0 Å². The number of nitrogens with zero attached hydrogens (tertiary/aromatic N) is 1. The summed E-state index contributed by atoms with van der Waals surface area (Å²) in [5.74, 6) is 0. The second-order valence-corrected chi connectivity index (χ2v) is 14.4. The first-order valence-electron chi connectivity index (χ1n) is 17.5. The molecule has 0 fully saturated rings. The summed E-state index contributed by atoms with van der Waals surface area (Å²) in [6, 6.07) is 62.3. The molecular weight excluding hydrogens is 603 g/mol. The van der Waals surface area contributed by atoms with E-state index in [9.17, 15) is 0 Å². The normalized spacial score (nSPS) is 11.9. The van der Waals surface area contributed by atoms with Gasteiger partial charge in [0.1, 0.15) is 0 Å². The molecule has 0 saturated carbocycles. The van der Waals surface area contributed by atoms with Gasteiger partial charge in [0.2, 0.25) is 0 Å². The van der Waals surface area contributed by atoms with E-state index in [1.54, 1.807) is 0 Å². The minimum atomic E-state index is -0.000330. The van der Waals surface area contributed by atoms with Crippen molar-refractivity contribution in [3.05, 3.63) is 176 Å². The maximum absolute atomic E-state index is 5.01. The average Bonchev–Trinajstić information content (AvgIpc) is 3.16. The lowest BCUT2D eigenvalue weighted by Crippen LogP contribution is -2.13. The van der Waals surface area contributed by atoms with E-state index in [0.717, 1.165) is 17.0 Å². The molecule has 238 valence electrons. The molecule has 1 heteroatoms. The smallest absolute Gasteiger partial charge is 0.0705 e. The summed E-state index contributed by atoms with van der Waals surface area (Å²) in [4.78, 5) is 5.01. The van der Waals surface area contributed by atoms with Crippen LogP contribution in [0.4, 0.5) is 0 Å². The van der Waals surface area contributed by atoms with Crippen LogP contribution in [0.5, 0.6) is 0 Å². The lowest BCUT2D eigenvalue weighted by molar-refractivity contribution is 0.570. The van der Waals surface area contributed by atoms with E-state index in [1.807, 2.05) is 0 Å². The number of rotatable bonds is 4. The van der Waals surface area contributed by atoms with Crippen LogP contribution < -0.4 is 0 Å². The fourth-order valence-corrected chi connectivity index (χ4v) is 7.52. The first-order valence-corrected chi connectivity index (χ1v) is 17.5. The van der Waals surface area contributed by atoms with E-state index in [0.29, 0.717) is 0 Å². The van der Waals surface area contributed by atoms with Gasteiger partial charge in [-0.2, -0.15) is 0 Å². The molecule has 9 aromatic rings. The Morgan fingerprint density at radius 1 is 0.340 bits per heavy atom. The molecule has 9 rings (SSSR count). The molecule has 0 spiro atoms. The standard InChI is InChI=1S/C49H37N/c1-49(2,3)46-18-10-17-45(50-46)35-23-19-34(20-24-35)38-27-28-43-44(31-38)48(40-26-22-33-12-5-7-14-37(33)30-40)42-16-9-8-15-41(42)47(43)39-25-21-32-11-4-6-13-36(32)29-39/h4-31H,1-3H3. The molecular formula is C49H37N. The van der Waals surface area contributed by atoms with Gasteiger partial charge in [-0.15, -0.1) is 0 Å². The summed E-state index contributed by atoms with van der Waals surface area (Å²) in [6.45, 7) is 6.63. The Morgan fingerprint density at radius 2 is 0.820 bits per heavy atom. The second-order valence-electron chi connectivity index (χ2n) is 14.4. The zero-order valence-corrected chi connectivity index (χ0v) is 28.6. The predicted molar refractivity (Wildman–Crippen MR) is 215 cm³/mol. The van der Waals surface area contributed by atoms with Gasteiger partial charge < -0.3 is 0 Å². The van der Waals surface area contributed by atoms with Gasteiger partial charge in [-0.05, 0) is 107 Å². The van der Waals surface area contributed by atoms with E-state index in [4.69, 9.17) is 4.98 Å². The van der Waals surface area contributed by atoms with E-state index in [-0.39, 0.29) is 5.41 Å². The predicted octanol–water partition coefficient (Wildman–Crippen LogP) is 13.7. The molecule has 0 aliphatic rings. The fraction of sp³-hybridized carbons (Fsp3) is 0.0816. The molecule has 1 aromatic heterocycles. The van der Waals surface area contributed by atoms with Crippen LogP contribution in [-0.2, 0) is 5.41 Å². The largest absolute Gasteiger partial charge is 0.252 e. The van der Waals surface area contributed by atoms with Gasteiger partial charge >= 0.3 is 0 Å². The molecule has 0 atom stereocenters. The molecule has 1 heterocycles. The highest BCUT2D eigenvalue weighted by Gasteiger charge is 2.19. The molecule has 8 aromatic carbocycles. The van der Waals surface area contributed by atoms with Gasteiger partial charge in [0.15, 0.2) is 0 Å². The van der Waals surface area contributed by atoms with Gasteiger partial charge in [0, 0.05) is 16.7 Å². The molecule has 50 heavy (non-hydrogen) atoms. The van der Waals surface area contributed by atoms with Crippen molar-refractivity contribution in [3.63, 3.8) is 0 Å². The van der Waals surface area contributed by atoms with Crippen LogP contribution in [0.1, 0.15) is 26.5 Å². The van der Waals surface area contributed by atoms with Gasteiger partial charge in [0.25, 0.3) is 0 Å². The maximum Gasteiger partial charge on any atom is 0.0705 e. The summed E-state index contributed by atoms with van der Waals surface area (Å²) in [7, 11) is 0. The number of hydrogen-bond donors (Lipinski definition) is 0. The van der Waals surface area contributed by atoms with Crippen LogP contribution in [0.2, 0.25) is 0 Å². The summed E-state index contributed by atoms with van der Waals surface area (Å²) in [5.41, 5.74) is 10.6. The summed E-state index contributed by atoms with van der Waals surface area (Å²) in [6.07, 6.45) is 0. The third-order valence-corrected chi connectivity index (χ3v) is 10.1. The molecule has 0 amide bonds. The minimum absolute atomic E-state index is 0.000330. The Balaban J connectivity index is 1.27. The number of hydrogen-bond acceptors (Lipinski definition) is 1. The lowest BCUT2D eigenvalue weighted by atomic mass is 9.84. The number of benzene rings is 8. The summed E-state index contributed by atoms with van der Waals surface area (Å²) in [5, 5.41) is 10.0. The van der Waals surface area contributed by atoms with Gasteiger partial charge in [-0.1, -0.05) is 160 Å². The van der Waals surface area contributed by atoms with E-state index in [1.165, 1.54) is 76.5 Å². The average molecular weight is 640 g/mol. The zero-order chi connectivity index (χ0) is 33.8. The quantitative estimate of drug-likeness (QED) is 0.175. The first-order chi connectivity index (χ1) is 24.4. The Morgan fingerprint density at radius 3 is 1.42 bits per heavy atom. The van der Waals surface area contributed by atoms with Crippen molar-refractivity contribution in [2.75, 3.05) is 0 Å². The number of pyridine rings is 1. The molecule has 0 bridgehead atoms. The van der Waals surface area contributed by atoms with Gasteiger partial charge in [0.05, 0.1) is 5.69 Å². The monoisotopic (exact) mass is 639 g/mol. The third kappa shape index (κ3) is 5.23. The van der Waals surface area contributed by atoms with E-state index in [2.05, 4.69) is 191 Å². The topological polar surface area (TPSA) is 12.9 Å². The van der Waals surface area contributed by atoms with Gasteiger partial charge in [-0.25, -0.2) is 0 Å². The van der Waals surface area contributed by atoms with Crippen LogP contribution >= 0.6 is 0 Å². The van der Waals surface area contributed by atoms with Crippen LogP contribution in [0, 0.1) is 0 Å². The maximum atomic E-state index is 5.01. The van der Waals surface area contributed by atoms with Crippen LogP contribution in [-0.4, -0.2) is 4.98 Å².